The van der Waals surface area contributed by atoms with Crippen LogP contribution in [0.5, 0.6) is 0 Å². The van der Waals surface area contributed by atoms with Gasteiger partial charge in [0, 0.05) is 31.5 Å². The molecule has 2 aromatic rings. The highest BCUT2D eigenvalue weighted by Crippen LogP contribution is 2.17. The van der Waals surface area contributed by atoms with Crippen molar-refractivity contribution in [1.82, 2.24) is 19.9 Å². The molecule has 0 bridgehead atoms. The summed E-state index contributed by atoms with van der Waals surface area (Å²) < 4.78 is 28.4. The first-order valence-electron chi connectivity index (χ1n) is 10.9. The number of pyridine rings is 1. The predicted molar refractivity (Wildman–Crippen MR) is 130 cm³/mol. The zero-order valence-electron chi connectivity index (χ0n) is 18.9. The maximum Gasteiger partial charge on any atom is 0.253 e. The molecule has 10 heteroatoms. The first kappa shape index (κ1) is 25.2. The van der Waals surface area contributed by atoms with E-state index in [1.807, 2.05) is 13.2 Å². The van der Waals surface area contributed by atoms with Gasteiger partial charge in [-0.2, -0.15) is 16.5 Å². The number of nitrogens with zero attached hydrogens (tertiary/aromatic N) is 2. The van der Waals surface area contributed by atoms with Crippen LogP contribution in [-0.4, -0.2) is 67.3 Å². The Hall–Kier alpha value is -2.43. The molecule has 1 aromatic heterocycles. The summed E-state index contributed by atoms with van der Waals surface area (Å²) >= 11 is 1.56. The first-order valence-corrected chi connectivity index (χ1v) is 13.8. The fraction of sp³-hybridized carbons (Fsp3) is 0.435. The van der Waals surface area contributed by atoms with Crippen molar-refractivity contribution < 1.29 is 18.0 Å². The van der Waals surface area contributed by atoms with E-state index in [0.717, 1.165) is 5.56 Å². The Morgan fingerprint density at radius 1 is 1.18 bits per heavy atom. The summed E-state index contributed by atoms with van der Waals surface area (Å²) in [4.78, 5) is 31.4. The van der Waals surface area contributed by atoms with Gasteiger partial charge in [-0.25, -0.2) is 8.42 Å². The van der Waals surface area contributed by atoms with Crippen molar-refractivity contribution in [3.05, 3.63) is 59.9 Å². The lowest BCUT2D eigenvalue weighted by atomic mass is 10.0. The summed E-state index contributed by atoms with van der Waals surface area (Å²) in [5.74, 6) is 0.248. The van der Waals surface area contributed by atoms with Crippen LogP contribution in [-0.2, 0) is 14.8 Å². The minimum Gasteiger partial charge on any atom is -0.349 e. The van der Waals surface area contributed by atoms with Gasteiger partial charge in [0.05, 0.1) is 10.5 Å². The third-order valence-electron chi connectivity index (χ3n) is 5.60. The molecule has 1 unspecified atom stereocenters. The average Bonchev–Trinajstić information content (AvgIpc) is 2.82. The Labute approximate surface area is 199 Å². The number of hydrogen-bond donors (Lipinski definition) is 2. The van der Waals surface area contributed by atoms with Crippen LogP contribution in [0.2, 0.25) is 0 Å². The monoisotopic (exact) mass is 490 g/mol. The lowest BCUT2D eigenvalue weighted by Crippen LogP contribution is -2.53. The van der Waals surface area contributed by atoms with Crippen LogP contribution in [0.1, 0.15) is 35.2 Å². The van der Waals surface area contributed by atoms with Crippen LogP contribution in [0.15, 0.2) is 53.7 Å². The van der Waals surface area contributed by atoms with Crippen molar-refractivity contribution in [2.24, 2.45) is 0 Å². The van der Waals surface area contributed by atoms with Crippen molar-refractivity contribution in [3.63, 3.8) is 0 Å². The van der Waals surface area contributed by atoms with Crippen LogP contribution in [0.3, 0.4) is 0 Å². The van der Waals surface area contributed by atoms with E-state index in [-0.39, 0.29) is 22.8 Å². The number of aryl methyl sites for hydroxylation is 1. The molecular weight excluding hydrogens is 460 g/mol. The molecule has 2 heterocycles. The van der Waals surface area contributed by atoms with Crippen molar-refractivity contribution in [3.8, 4) is 0 Å². The highest BCUT2D eigenvalue weighted by Gasteiger charge is 2.31. The van der Waals surface area contributed by atoms with Gasteiger partial charge in [0.2, 0.25) is 15.9 Å². The maximum absolute atomic E-state index is 13.2. The Morgan fingerprint density at radius 2 is 1.88 bits per heavy atom. The number of nitrogens with one attached hydrogen (secondary N) is 2. The van der Waals surface area contributed by atoms with E-state index in [2.05, 4.69) is 15.0 Å². The van der Waals surface area contributed by atoms with Gasteiger partial charge in [-0.3, -0.25) is 14.6 Å². The molecule has 178 valence electrons. The topological polar surface area (TPSA) is 108 Å². The van der Waals surface area contributed by atoms with E-state index in [4.69, 9.17) is 0 Å². The SMILES string of the molecule is CSCCC(NS(=O)(=O)c1ccc(C)cc1)C(=O)N1CCC(NC(=O)c2cccnc2)CC1. The number of carbonyl (C=O) groups is 2. The number of likely N-dealkylation sites (tertiary alicyclic amines) is 1. The van der Waals surface area contributed by atoms with Gasteiger partial charge in [0.1, 0.15) is 6.04 Å². The summed E-state index contributed by atoms with van der Waals surface area (Å²) in [5, 5.41) is 2.99. The zero-order valence-corrected chi connectivity index (χ0v) is 20.5. The summed E-state index contributed by atoms with van der Waals surface area (Å²) in [5.41, 5.74) is 1.46. The van der Waals surface area contributed by atoms with Crippen LogP contribution < -0.4 is 10.0 Å². The highest BCUT2D eigenvalue weighted by molar-refractivity contribution is 7.98. The van der Waals surface area contributed by atoms with Gasteiger partial charge in [0.25, 0.3) is 5.91 Å². The molecule has 1 fully saturated rings. The third kappa shape index (κ3) is 7.02. The molecule has 0 radical (unpaired) electrons. The number of amides is 2. The maximum atomic E-state index is 13.2. The molecule has 1 aliphatic rings. The van der Waals surface area contributed by atoms with Gasteiger partial charge in [-0.1, -0.05) is 17.7 Å². The fourth-order valence-corrected chi connectivity index (χ4v) is 5.37. The second-order valence-electron chi connectivity index (χ2n) is 8.08. The van der Waals surface area contributed by atoms with Crippen LogP contribution in [0, 0.1) is 6.92 Å². The Balaban J connectivity index is 1.60. The van der Waals surface area contributed by atoms with Crippen LogP contribution >= 0.6 is 11.8 Å². The third-order valence-corrected chi connectivity index (χ3v) is 7.73. The number of sulfonamides is 1. The standard InChI is InChI=1S/C23H30N4O4S2/c1-17-5-7-20(8-6-17)33(30,31)26-21(11-15-32-2)23(29)27-13-9-19(10-14-27)25-22(28)18-4-3-12-24-16-18/h3-8,12,16,19,21,26H,9-11,13-15H2,1-2H3,(H,25,28). The summed E-state index contributed by atoms with van der Waals surface area (Å²) in [6, 6.07) is 9.10. The second kappa shape index (κ2) is 11.6. The second-order valence-corrected chi connectivity index (χ2v) is 10.8. The van der Waals surface area contributed by atoms with Crippen LogP contribution in [0.4, 0.5) is 0 Å². The first-order chi connectivity index (χ1) is 15.8. The molecule has 0 spiro atoms. The molecule has 8 nitrogen and oxygen atoms in total. The molecule has 1 aromatic carbocycles. The number of carbonyl (C=O) groups excluding carboxylic acids is 2. The smallest absolute Gasteiger partial charge is 0.253 e. The normalized spacial score (nSPS) is 15.8. The Kier molecular flexibility index (Phi) is 8.87. The number of rotatable bonds is 9. The lowest BCUT2D eigenvalue weighted by Gasteiger charge is -2.34. The molecule has 0 aliphatic carbocycles. The molecule has 1 aliphatic heterocycles. The predicted octanol–water partition coefficient (Wildman–Crippen LogP) is 2.21. The molecule has 0 saturated carbocycles. The largest absolute Gasteiger partial charge is 0.349 e. The minimum atomic E-state index is -3.82. The summed E-state index contributed by atoms with van der Waals surface area (Å²) in [6.07, 6.45) is 6.68. The van der Waals surface area contributed by atoms with E-state index in [1.165, 1.54) is 6.20 Å². The number of thioether (sulfide) groups is 1. The van der Waals surface area contributed by atoms with Gasteiger partial charge in [-0.05, 0) is 62.5 Å². The van der Waals surface area contributed by atoms with Crippen LogP contribution in [0.25, 0.3) is 0 Å². The molecule has 3 rings (SSSR count). The number of aromatic nitrogens is 1. The summed E-state index contributed by atoms with van der Waals surface area (Å²) in [6.45, 7) is 2.80. The lowest BCUT2D eigenvalue weighted by molar-refractivity contribution is -0.134. The van der Waals surface area contributed by atoms with E-state index >= 15 is 0 Å². The van der Waals surface area contributed by atoms with Gasteiger partial charge in [0.15, 0.2) is 0 Å². The Morgan fingerprint density at radius 3 is 2.48 bits per heavy atom. The molecular formula is C23H30N4O4S2. The summed E-state index contributed by atoms with van der Waals surface area (Å²) in [7, 11) is -3.82. The number of piperidine rings is 1. The quantitative estimate of drug-likeness (QED) is 0.558. The van der Waals surface area contributed by atoms with Gasteiger partial charge in [-0.15, -0.1) is 0 Å². The molecule has 33 heavy (non-hydrogen) atoms. The fourth-order valence-electron chi connectivity index (χ4n) is 3.67. The number of hydrogen-bond acceptors (Lipinski definition) is 6. The van der Waals surface area contributed by atoms with E-state index < -0.39 is 16.1 Å². The minimum absolute atomic E-state index is 0.0457. The van der Waals surface area contributed by atoms with Gasteiger partial charge < -0.3 is 10.2 Å². The van der Waals surface area contributed by atoms with Crippen molar-refractivity contribution in [1.29, 1.82) is 0 Å². The van der Waals surface area contributed by atoms with Crippen molar-refractivity contribution in [2.75, 3.05) is 25.1 Å². The zero-order chi connectivity index (χ0) is 23.8. The van der Waals surface area contributed by atoms with E-state index in [9.17, 15) is 18.0 Å². The molecule has 1 atom stereocenters. The molecule has 1 saturated heterocycles. The van der Waals surface area contributed by atoms with Gasteiger partial charge >= 0.3 is 0 Å². The number of benzene rings is 1. The molecule has 2 amide bonds. The average molecular weight is 491 g/mol. The van der Waals surface area contributed by atoms with Crippen molar-refractivity contribution >= 4 is 33.6 Å². The Bertz CT molecular complexity index is 1040. The molecule has 2 N–H and O–H groups in total. The van der Waals surface area contributed by atoms with E-state index in [1.54, 1.807) is 59.3 Å². The highest BCUT2D eigenvalue weighted by atomic mass is 32.2. The van der Waals surface area contributed by atoms with E-state index in [0.29, 0.717) is 43.7 Å². The van der Waals surface area contributed by atoms with Crippen molar-refractivity contribution in [2.45, 2.75) is 43.2 Å².